The molecule has 0 saturated carbocycles. The van der Waals surface area contributed by atoms with Crippen molar-refractivity contribution in [3.05, 3.63) is 32.6 Å². The van der Waals surface area contributed by atoms with Crippen LogP contribution in [-0.4, -0.2) is 64.3 Å². The van der Waals surface area contributed by atoms with E-state index < -0.39 is 72.3 Å². The molecule has 6 atom stereocenters. The van der Waals surface area contributed by atoms with E-state index in [0.717, 1.165) is 6.20 Å². The summed E-state index contributed by atoms with van der Waals surface area (Å²) in [7, 11) is -16.9. The molecule has 0 bridgehead atoms. The third kappa shape index (κ3) is 6.98. The predicted molar refractivity (Wildman–Crippen MR) is 96.4 cm³/mol. The van der Waals surface area contributed by atoms with Gasteiger partial charge in [0.25, 0.3) is 5.56 Å². The van der Waals surface area contributed by atoms with Crippen LogP contribution in [0, 0.1) is 11.3 Å². The van der Waals surface area contributed by atoms with Crippen LogP contribution >= 0.6 is 23.5 Å². The van der Waals surface area contributed by atoms with E-state index in [1.54, 1.807) is 6.07 Å². The minimum atomic E-state index is -5.77. The van der Waals surface area contributed by atoms with Gasteiger partial charge in [0.1, 0.15) is 18.3 Å². The standard InChI is InChI=1S/C11H16N3O15P3/c12-2-1-5-3-14(11(18)13-9(5)17)10-8(16)7(15)6(27-10)4-26-31(22,23)29-32(24,25)28-30(19,20)21/h3,6-8,10,15-16H,1,4H2,(H,22,23)(H,24,25)(H,13,17,18)(H2,19,20,21)/t6-,7-,8-,10-/m1/s1. The van der Waals surface area contributed by atoms with E-state index in [0.29, 0.717) is 4.57 Å². The number of aliphatic hydroxyl groups is 2. The quantitative estimate of drug-likeness (QED) is 0.165. The van der Waals surface area contributed by atoms with Gasteiger partial charge in [0, 0.05) is 11.8 Å². The molecular weight excluding hydrogens is 507 g/mol. The van der Waals surface area contributed by atoms with E-state index in [2.05, 4.69) is 13.1 Å². The minimum absolute atomic E-state index is 0.172. The largest absolute Gasteiger partial charge is 0.490 e. The highest BCUT2D eigenvalue weighted by Gasteiger charge is 2.46. The molecule has 0 aliphatic carbocycles. The molecule has 1 fully saturated rings. The molecule has 0 radical (unpaired) electrons. The van der Waals surface area contributed by atoms with Crippen LogP contribution in [0.25, 0.3) is 0 Å². The summed E-state index contributed by atoms with van der Waals surface area (Å²) in [6.45, 7) is -1.10. The summed E-state index contributed by atoms with van der Waals surface area (Å²) in [6.07, 6.45) is -6.50. The third-order valence-electron chi connectivity index (χ3n) is 3.74. The molecule has 18 nitrogen and oxygen atoms in total. The zero-order valence-electron chi connectivity index (χ0n) is 15.4. The molecule has 2 unspecified atom stereocenters. The van der Waals surface area contributed by atoms with E-state index in [4.69, 9.17) is 24.7 Å². The van der Waals surface area contributed by atoms with Crippen molar-refractivity contribution in [1.29, 1.82) is 5.26 Å². The number of ether oxygens (including phenoxy) is 1. The fourth-order valence-corrected chi connectivity index (χ4v) is 5.52. The molecule has 32 heavy (non-hydrogen) atoms. The van der Waals surface area contributed by atoms with Crippen LogP contribution in [0.1, 0.15) is 11.8 Å². The number of aliphatic hydroxyl groups excluding tert-OH is 2. The number of aromatic nitrogens is 2. The Hall–Kier alpha value is -1.54. The monoisotopic (exact) mass is 523 g/mol. The highest BCUT2D eigenvalue weighted by atomic mass is 31.3. The van der Waals surface area contributed by atoms with Crippen LogP contribution in [0.2, 0.25) is 0 Å². The van der Waals surface area contributed by atoms with Gasteiger partial charge in [0.2, 0.25) is 0 Å². The highest BCUT2D eigenvalue weighted by Crippen LogP contribution is 2.66. The van der Waals surface area contributed by atoms with E-state index in [1.807, 2.05) is 4.98 Å². The van der Waals surface area contributed by atoms with Crippen LogP contribution in [0.4, 0.5) is 0 Å². The van der Waals surface area contributed by atoms with E-state index >= 15 is 0 Å². The highest BCUT2D eigenvalue weighted by molar-refractivity contribution is 7.66. The zero-order valence-corrected chi connectivity index (χ0v) is 18.1. The number of aromatic amines is 1. The van der Waals surface area contributed by atoms with Gasteiger partial charge in [-0.25, -0.2) is 18.5 Å². The second kappa shape index (κ2) is 9.75. The smallest absolute Gasteiger partial charge is 0.387 e. The normalized spacial score (nSPS) is 27.4. The van der Waals surface area contributed by atoms with Gasteiger partial charge in [0.05, 0.1) is 19.1 Å². The van der Waals surface area contributed by atoms with Crippen LogP contribution in [0.3, 0.4) is 0 Å². The van der Waals surface area contributed by atoms with Crippen molar-refractivity contribution in [3.63, 3.8) is 0 Å². The fourth-order valence-electron chi connectivity index (χ4n) is 2.49. The maximum absolute atomic E-state index is 12.0. The molecule has 1 aliphatic rings. The molecule has 1 saturated heterocycles. The lowest BCUT2D eigenvalue weighted by Crippen LogP contribution is -2.38. The minimum Gasteiger partial charge on any atom is -0.387 e. The maximum atomic E-state index is 12.0. The predicted octanol–water partition coefficient (Wildman–Crippen LogP) is -2.43. The molecule has 1 aliphatic heterocycles. The Kier molecular flexibility index (Phi) is 8.14. The van der Waals surface area contributed by atoms with Gasteiger partial charge in [-0.05, 0) is 0 Å². The van der Waals surface area contributed by atoms with Crippen molar-refractivity contribution >= 4 is 23.5 Å². The number of rotatable bonds is 9. The third-order valence-corrected chi connectivity index (χ3v) is 7.54. The SMILES string of the molecule is N#CCc1cn([C@@H]2O[C@H](COP(=O)(O)OP(=O)(O)OP(=O)(O)O)[C@@H](O)[C@H]2O)c(=O)[nH]c1=O. The first-order valence-electron chi connectivity index (χ1n) is 8.06. The number of H-pyrrole nitrogens is 1. The van der Waals surface area contributed by atoms with Crippen LogP contribution in [-0.2, 0) is 38.0 Å². The maximum Gasteiger partial charge on any atom is 0.490 e. The van der Waals surface area contributed by atoms with E-state index in [-0.39, 0.29) is 5.56 Å². The average molecular weight is 523 g/mol. The summed E-state index contributed by atoms with van der Waals surface area (Å²) in [4.78, 5) is 61.0. The Balaban J connectivity index is 2.14. The fraction of sp³-hybridized carbons (Fsp3) is 0.545. The number of nitrogens with zero attached hydrogens (tertiary/aromatic N) is 2. The molecule has 2 heterocycles. The van der Waals surface area contributed by atoms with Gasteiger partial charge in [-0.1, -0.05) is 0 Å². The molecule has 0 amide bonds. The summed E-state index contributed by atoms with van der Waals surface area (Å²) in [5, 5.41) is 28.9. The average Bonchev–Trinajstić information content (AvgIpc) is 2.87. The first-order chi connectivity index (χ1) is 14.6. The van der Waals surface area contributed by atoms with Crippen molar-refractivity contribution in [2.45, 2.75) is 31.0 Å². The van der Waals surface area contributed by atoms with Gasteiger partial charge < -0.3 is 34.5 Å². The number of hydrogen-bond acceptors (Lipinski definition) is 12. The summed E-state index contributed by atoms with van der Waals surface area (Å²) in [5.74, 6) is 0. The van der Waals surface area contributed by atoms with Crippen molar-refractivity contribution in [2.24, 2.45) is 0 Å². The molecule has 1 aromatic rings. The lowest BCUT2D eigenvalue weighted by atomic mass is 10.1. The number of phosphoric acid groups is 3. The Morgan fingerprint density at radius 2 is 1.72 bits per heavy atom. The number of nitriles is 1. The second-order valence-electron chi connectivity index (χ2n) is 6.09. The molecule has 2 rings (SSSR count). The van der Waals surface area contributed by atoms with Crippen molar-refractivity contribution < 1.29 is 61.4 Å². The summed E-state index contributed by atoms with van der Waals surface area (Å²) >= 11 is 0. The molecular formula is C11H16N3O15P3. The van der Waals surface area contributed by atoms with Crippen molar-refractivity contribution in [2.75, 3.05) is 6.61 Å². The lowest BCUT2D eigenvalue weighted by molar-refractivity contribution is -0.0543. The van der Waals surface area contributed by atoms with Crippen LogP contribution in [0.5, 0.6) is 0 Å². The molecule has 180 valence electrons. The summed E-state index contributed by atoms with van der Waals surface area (Å²) in [5.41, 5.74) is -2.12. The Morgan fingerprint density at radius 3 is 2.28 bits per heavy atom. The van der Waals surface area contributed by atoms with Crippen molar-refractivity contribution in [3.8, 4) is 6.07 Å². The van der Waals surface area contributed by atoms with Gasteiger partial charge in [-0.15, -0.1) is 0 Å². The van der Waals surface area contributed by atoms with Gasteiger partial charge in [-0.2, -0.15) is 13.9 Å². The van der Waals surface area contributed by atoms with Gasteiger partial charge in [-0.3, -0.25) is 18.9 Å². The van der Waals surface area contributed by atoms with Gasteiger partial charge >= 0.3 is 29.2 Å². The molecule has 7 N–H and O–H groups in total. The Labute approximate surface area is 176 Å². The first kappa shape index (κ1) is 26.7. The molecule has 21 heteroatoms. The lowest BCUT2D eigenvalue weighted by Gasteiger charge is -2.19. The van der Waals surface area contributed by atoms with Crippen LogP contribution < -0.4 is 11.2 Å². The van der Waals surface area contributed by atoms with Gasteiger partial charge in [0.15, 0.2) is 6.23 Å². The first-order valence-corrected chi connectivity index (χ1v) is 12.6. The Morgan fingerprint density at radius 1 is 1.09 bits per heavy atom. The van der Waals surface area contributed by atoms with Crippen molar-refractivity contribution in [1.82, 2.24) is 9.55 Å². The van der Waals surface area contributed by atoms with Crippen LogP contribution in [0.15, 0.2) is 15.8 Å². The summed E-state index contributed by atoms with van der Waals surface area (Å²) < 4.78 is 50.8. The zero-order chi connectivity index (χ0) is 24.5. The molecule has 0 aromatic carbocycles. The molecule has 1 aromatic heterocycles. The van der Waals surface area contributed by atoms with E-state index in [9.17, 15) is 38.4 Å². The number of hydrogen-bond donors (Lipinski definition) is 7. The number of phosphoric ester groups is 1. The Bertz CT molecular complexity index is 1150. The number of nitrogens with one attached hydrogen (secondary N) is 1. The van der Waals surface area contributed by atoms with E-state index in [1.165, 1.54) is 0 Å². The molecule has 0 spiro atoms. The topological polar surface area (TPSA) is 288 Å². The summed E-state index contributed by atoms with van der Waals surface area (Å²) in [6, 6.07) is 1.68. The second-order valence-corrected chi connectivity index (χ2v) is 10.5.